The molecule has 0 saturated carbocycles. The Morgan fingerprint density at radius 2 is 2.12 bits per heavy atom. The number of carbonyl (C=O) groups is 1. The fourth-order valence-corrected chi connectivity index (χ4v) is 1.98. The van der Waals surface area contributed by atoms with Crippen LogP contribution >= 0.6 is 0 Å². The molecule has 0 spiro atoms. The van der Waals surface area contributed by atoms with Crippen molar-refractivity contribution in [3.63, 3.8) is 0 Å². The largest absolute Gasteiger partial charge is 0.477 e. The highest BCUT2D eigenvalue weighted by molar-refractivity contribution is 5.95. The zero-order chi connectivity index (χ0) is 12.6. The number of aromatic amines is 1. The fraction of sp³-hybridized carbons (Fsp3) is 0.231. The summed E-state index contributed by atoms with van der Waals surface area (Å²) in [6, 6.07) is 5.67. The van der Waals surface area contributed by atoms with Crippen LogP contribution in [0.15, 0.2) is 23.0 Å². The van der Waals surface area contributed by atoms with Crippen LogP contribution in [0.2, 0.25) is 0 Å². The van der Waals surface area contributed by atoms with Gasteiger partial charge in [0.15, 0.2) is 0 Å². The number of hydrogen-bond donors (Lipinski definition) is 2. The third-order valence-corrected chi connectivity index (χ3v) is 2.96. The zero-order valence-electron chi connectivity index (χ0n) is 9.70. The summed E-state index contributed by atoms with van der Waals surface area (Å²) in [7, 11) is 0. The van der Waals surface area contributed by atoms with Gasteiger partial charge in [-0.05, 0) is 36.6 Å². The number of hydrogen-bond acceptors (Lipinski definition) is 2. The molecule has 0 fully saturated rings. The Morgan fingerprint density at radius 3 is 2.71 bits per heavy atom. The van der Waals surface area contributed by atoms with Gasteiger partial charge in [-0.1, -0.05) is 13.0 Å². The van der Waals surface area contributed by atoms with Crippen molar-refractivity contribution in [2.45, 2.75) is 20.3 Å². The highest BCUT2D eigenvalue weighted by atomic mass is 16.4. The third kappa shape index (κ3) is 1.82. The molecule has 4 nitrogen and oxygen atoms in total. The van der Waals surface area contributed by atoms with E-state index in [4.69, 9.17) is 5.11 Å². The second-order valence-corrected chi connectivity index (χ2v) is 3.99. The summed E-state index contributed by atoms with van der Waals surface area (Å²) in [5.41, 5.74) is 1.59. The lowest BCUT2D eigenvalue weighted by Crippen LogP contribution is -2.19. The number of aromatic carboxylic acids is 1. The van der Waals surface area contributed by atoms with Crippen LogP contribution in [0.1, 0.15) is 28.4 Å². The molecule has 1 aromatic carbocycles. The molecule has 2 N–H and O–H groups in total. The van der Waals surface area contributed by atoms with Crippen LogP contribution in [0.5, 0.6) is 0 Å². The molecule has 1 heterocycles. The number of benzene rings is 1. The monoisotopic (exact) mass is 231 g/mol. The van der Waals surface area contributed by atoms with Gasteiger partial charge in [0, 0.05) is 10.9 Å². The van der Waals surface area contributed by atoms with Gasteiger partial charge in [0.05, 0.1) is 0 Å². The Morgan fingerprint density at radius 1 is 1.41 bits per heavy atom. The highest BCUT2D eigenvalue weighted by Crippen LogP contribution is 2.19. The van der Waals surface area contributed by atoms with E-state index >= 15 is 0 Å². The predicted molar refractivity (Wildman–Crippen MR) is 65.6 cm³/mol. The van der Waals surface area contributed by atoms with E-state index in [1.165, 1.54) is 0 Å². The summed E-state index contributed by atoms with van der Waals surface area (Å²) in [4.78, 5) is 25.2. The summed E-state index contributed by atoms with van der Waals surface area (Å²) in [5, 5.41) is 9.81. The lowest BCUT2D eigenvalue weighted by atomic mass is 10.0. The number of nitrogens with one attached hydrogen (secondary N) is 1. The maximum atomic E-state index is 11.6. The first-order valence-corrected chi connectivity index (χ1v) is 5.43. The van der Waals surface area contributed by atoms with Gasteiger partial charge in [0.25, 0.3) is 5.56 Å². The van der Waals surface area contributed by atoms with Crippen LogP contribution < -0.4 is 5.56 Å². The second-order valence-electron chi connectivity index (χ2n) is 3.99. The lowest BCUT2D eigenvalue weighted by Gasteiger charge is -2.07. The number of carboxylic acid groups (broad SMARTS) is 1. The van der Waals surface area contributed by atoms with Crippen molar-refractivity contribution >= 4 is 16.9 Å². The van der Waals surface area contributed by atoms with E-state index in [0.29, 0.717) is 11.1 Å². The number of aromatic nitrogens is 1. The van der Waals surface area contributed by atoms with Crippen LogP contribution in [-0.4, -0.2) is 16.1 Å². The molecule has 2 aromatic rings. The normalized spacial score (nSPS) is 10.7. The summed E-state index contributed by atoms with van der Waals surface area (Å²) < 4.78 is 0. The maximum absolute atomic E-state index is 11.6. The van der Waals surface area contributed by atoms with Crippen LogP contribution in [-0.2, 0) is 6.42 Å². The SMILES string of the molecule is CCc1ccc2[nH]c(=O)c(C(=O)O)c(C)c2c1. The first-order valence-electron chi connectivity index (χ1n) is 5.43. The van der Waals surface area contributed by atoms with Crippen molar-refractivity contribution in [1.82, 2.24) is 4.98 Å². The van der Waals surface area contributed by atoms with Crippen molar-refractivity contribution in [1.29, 1.82) is 0 Å². The van der Waals surface area contributed by atoms with Crippen LogP contribution in [0.4, 0.5) is 0 Å². The average molecular weight is 231 g/mol. The minimum atomic E-state index is -1.19. The van der Waals surface area contributed by atoms with Gasteiger partial charge in [-0.3, -0.25) is 4.79 Å². The smallest absolute Gasteiger partial charge is 0.341 e. The van der Waals surface area contributed by atoms with E-state index < -0.39 is 11.5 Å². The zero-order valence-corrected chi connectivity index (χ0v) is 9.70. The number of aryl methyl sites for hydroxylation is 2. The summed E-state index contributed by atoms with van der Waals surface area (Å²) >= 11 is 0. The molecule has 0 amide bonds. The second kappa shape index (κ2) is 4.05. The van der Waals surface area contributed by atoms with Crippen molar-refractivity contribution in [2.24, 2.45) is 0 Å². The Balaban J connectivity index is 2.88. The topological polar surface area (TPSA) is 70.2 Å². The minimum Gasteiger partial charge on any atom is -0.477 e. The lowest BCUT2D eigenvalue weighted by molar-refractivity contribution is 0.0694. The molecule has 4 heteroatoms. The Hall–Kier alpha value is -2.10. The fourth-order valence-electron chi connectivity index (χ4n) is 1.98. The quantitative estimate of drug-likeness (QED) is 0.831. The average Bonchev–Trinajstić information content (AvgIpc) is 2.28. The first-order chi connectivity index (χ1) is 8.04. The molecule has 0 unspecified atom stereocenters. The van der Waals surface area contributed by atoms with E-state index in [2.05, 4.69) is 4.98 Å². The first kappa shape index (κ1) is 11.4. The van der Waals surface area contributed by atoms with Gasteiger partial charge in [-0.15, -0.1) is 0 Å². The third-order valence-electron chi connectivity index (χ3n) is 2.96. The minimum absolute atomic E-state index is 0.175. The highest BCUT2D eigenvalue weighted by Gasteiger charge is 2.15. The van der Waals surface area contributed by atoms with Crippen molar-refractivity contribution in [2.75, 3.05) is 0 Å². The van der Waals surface area contributed by atoms with Crippen molar-refractivity contribution in [3.8, 4) is 0 Å². The molecular weight excluding hydrogens is 218 g/mol. The standard InChI is InChI=1S/C13H13NO3/c1-3-8-4-5-10-9(6-8)7(2)11(13(16)17)12(15)14-10/h4-6H,3H2,1-2H3,(H,14,15)(H,16,17). The molecule has 2 rings (SSSR count). The number of pyridine rings is 1. The maximum Gasteiger partial charge on any atom is 0.341 e. The van der Waals surface area contributed by atoms with Gasteiger partial charge in [-0.25, -0.2) is 4.79 Å². The van der Waals surface area contributed by atoms with E-state index in [1.807, 2.05) is 25.1 Å². The van der Waals surface area contributed by atoms with Crippen LogP contribution in [0.3, 0.4) is 0 Å². The summed E-state index contributed by atoms with van der Waals surface area (Å²) in [6.45, 7) is 3.70. The van der Waals surface area contributed by atoms with Gasteiger partial charge < -0.3 is 10.1 Å². The molecule has 88 valence electrons. The Kier molecular flexibility index (Phi) is 2.71. The summed E-state index contributed by atoms with van der Waals surface area (Å²) in [5.74, 6) is -1.19. The van der Waals surface area contributed by atoms with Crippen molar-refractivity contribution < 1.29 is 9.90 Å². The number of H-pyrrole nitrogens is 1. The number of rotatable bonds is 2. The molecule has 0 bridgehead atoms. The molecule has 0 saturated heterocycles. The van der Waals surface area contributed by atoms with E-state index in [9.17, 15) is 9.59 Å². The van der Waals surface area contributed by atoms with Crippen LogP contribution in [0, 0.1) is 6.92 Å². The molecular formula is C13H13NO3. The molecule has 0 aliphatic carbocycles. The number of carboxylic acids is 1. The van der Waals surface area contributed by atoms with Crippen molar-refractivity contribution in [3.05, 3.63) is 45.2 Å². The summed E-state index contributed by atoms with van der Waals surface area (Å²) in [6.07, 6.45) is 0.872. The molecule has 0 aliphatic heterocycles. The Bertz CT molecular complexity index is 655. The molecule has 0 atom stereocenters. The molecule has 1 aromatic heterocycles. The van der Waals surface area contributed by atoms with E-state index in [1.54, 1.807) is 6.92 Å². The van der Waals surface area contributed by atoms with Gasteiger partial charge in [-0.2, -0.15) is 0 Å². The van der Waals surface area contributed by atoms with Gasteiger partial charge in [0.2, 0.25) is 0 Å². The molecule has 0 aliphatic rings. The van der Waals surface area contributed by atoms with E-state index in [0.717, 1.165) is 17.4 Å². The number of fused-ring (bicyclic) bond motifs is 1. The van der Waals surface area contributed by atoms with Gasteiger partial charge in [0.1, 0.15) is 5.56 Å². The molecule has 17 heavy (non-hydrogen) atoms. The predicted octanol–water partition coefficient (Wildman–Crippen LogP) is 2.10. The molecule has 0 radical (unpaired) electrons. The van der Waals surface area contributed by atoms with Crippen LogP contribution in [0.25, 0.3) is 10.9 Å². The van der Waals surface area contributed by atoms with E-state index in [-0.39, 0.29) is 5.56 Å². The van der Waals surface area contributed by atoms with Gasteiger partial charge >= 0.3 is 5.97 Å². The Labute approximate surface area is 97.9 Å².